The molecule has 3 aromatic rings. The molecule has 132 valence electrons. The number of nitrogens with one attached hydrogen (secondary N) is 1. The Labute approximate surface area is 158 Å². The molecule has 0 fully saturated rings. The van der Waals surface area contributed by atoms with E-state index in [0.29, 0.717) is 11.6 Å². The van der Waals surface area contributed by atoms with Crippen LogP contribution in [0.3, 0.4) is 0 Å². The minimum atomic E-state index is -0.108. The van der Waals surface area contributed by atoms with Crippen LogP contribution in [0.5, 0.6) is 0 Å². The largest absolute Gasteiger partial charge is 0.322 e. The number of hydrogen-bond donors (Lipinski definition) is 1. The van der Waals surface area contributed by atoms with Crippen LogP contribution in [0, 0.1) is 0 Å². The molecular weight excluding hydrogens is 346 g/mol. The number of para-hydroxylation sites is 1. The van der Waals surface area contributed by atoms with Gasteiger partial charge in [0.25, 0.3) is 0 Å². The Morgan fingerprint density at radius 1 is 1.12 bits per heavy atom. The highest BCUT2D eigenvalue weighted by molar-refractivity contribution is 6.30. The Morgan fingerprint density at radius 3 is 2.65 bits per heavy atom. The van der Waals surface area contributed by atoms with Gasteiger partial charge in [-0.05, 0) is 54.4 Å². The van der Waals surface area contributed by atoms with Crippen molar-refractivity contribution in [3.63, 3.8) is 0 Å². The van der Waals surface area contributed by atoms with Crippen molar-refractivity contribution in [2.24, 2.45) is 0 Å². The van der Waals surface area contributed by atoms with Gasteiger partial charge in [0.05, 0.1) is 18.3 Å². The van der Waals surface area contributed by atoms with Crippen molar-refractivity contribution >= 4 is 23.3 Å². The zero-order valence-corrected chi connectivity index (χ0v) is 15.3. The fourth-order valence-corrected chi connectivity index (χ4v) is 3.72. The molecule has 0 bridgehead atoms. The summed E-state index contributed by atoms with van der Waals surface area (Å²) in [6, 6.07) is 19.4. The molecule has 1 atom stereocenters. The third-order valence-electron chi connectivity index (χ3n) is 4.83. The van der Waals surface area contributed by atoms with Crippen LogP contribution in [-0.4, -0.2) is 15.5 Å². The van der Waals surface area contributed by atoms with Gasteiger partial charge in [-0.15, -0.1) is 0 Å². The third-order valence-corrected chi connectivity index (χ3v) is 5.08. The van der Waals surface area contributed by atoms with Gasteiger partial charge >= 0.3 is 6.03 Å². The highest BCUT2D eigenvalue weighted by Gasteiger charge is 2.30. The minimum absolute atomic E-state index is 0.00435. The zero-order chi connectivity index (χ0) is 18.1. The molecule has 5 heteroatoms. The maximum absolute atomic E-state index is 13.1. The molecule has 4 rings (SSSR count). The molecule has 2 amide bonds. The van der Waals surface area contributed by atoms with E-state index in [2.05, 4.69) is 41.2 Å². The number of fused-ring (bicyclic) bond motifs is 3. The maximum Gasteiger partial charge on any atom is 0.322 e. The van der Waals surface area contributed by atoms with Gasteiger partial charge in [-0.1, -0.05) is 36.7 Å². The van der Waals surface area contributed by atoms with Gasteiger partial charge in [-0.3, -0.25) is 0 Å². The number of urea groups is 1. The monoisotopic (exact) mass is 365 g/mol. The molecule has 0 aliphatic carbocycles. The number of anilines is 1. The fraction of sp³-hybridized carbons (Fsp3) is 0.190. The van der Waals surface area contributed by atoms with E-state index >= 15 is 0 Å². The zero-order valence-electron chi connectivity index (χ0n) is 14.5. The van der Waals surface area contributed by atoms with E-state index in [9.17, 15) is 4.79 Å². The highest BCUT2D eigenvalue weighted by Crippen LogP contribution is 2.34. The van der Waals surface area contributed by atoms with E-state index in [4.69, 9.17) is 11.6 Å². The summed E-state index contributed by atoms with van der Waals surface area (Å²) >= 11 is 5.94. The van der Waals surface area contributed by atoms with Crippen LogP contribution < -0.4 is 5.32 Å². The predicted molar refractivity (Wildman–Crippen MR) is 105 cm³/mol. The lowest BCUT2D eigenvalue weighted by Gasteiger charge is -2.29. The number of carbonyl (C=O) groups is 1. The summed E-state index contributed by atoms with van der Waals surface area (Å²) in [6.07, 6.45) is 2.91. The van der Waals surface area contributed by atoms with Crippen LogP contribution in [0.2, 0.25) is 5.02 Å². The standard InChI is InChI=1S/C21H20ClN3O/c1-2-18-20-8-5-13-24(20)19-7-4-3-6-15(19)14-25(18)21(26)23-17-11-9-16(22)10-12-17/h3-13,18H,2,14H2,1H3,(H,23,26). The lowest BCUT2D eigenvalue weighted by Crippen LogP contribution is -2.37. The van der Waals surface area contributed by atoms with E-state index in [-0.39, 0.29) is 12.1 Å². The van der Waals surface area contributed by atoms with Gasteiger partial charge in [-0.2, -0.15) is 0 Å². The lowest BCUT2D eigenvalue weighted by atomic mass is 10.1. The Morgan fingerprint density at radius 2 is 1.88 bits per heavy atom. The molecule has 1 aromatic heterocycles. The first-order chi connectivity index (χ1) is 12.7. The first-order valence-corrected chi connectivity index (χ1v) is 9.14. The Kier molecular flexibility index (Phi) is 4.43. The summed E-state index contributed by atoms with van der Waals surface area (Å²) in [6.45, 7) is 2.68. The summed E-state index contributed by atoms with van der Waals surface area (Å²) in [4.78, 5) is 15.0. The van der Waals surface area contributed by atoms with Gasteiger partial charge in [0.2, 0.25) is 0 Å². The third kappa shape index (κ3) is 2.97. The second-order valence-corrected chi connectivity index (χ2v) is 6.86. The molecule has 0 saturated heterocycles. The van der Waals surface area contributed by atoms with E-state index in [0.717, 1.165) is 29.1 Å². The predicted octanol–water partition coefficient (Wildman–Crippen LogP) is 5.63. The molecule has 2 heterocycles. The Hall–Kier alpha value is -2.72. The number of carbonyl (C=O) groups excluding carboxylic acids is 1. The van der Waals surface area contributed by atoms with Gasteiger partial charge in [0, 0.05) is 22.6 Å². The molecule has 2 aromatic carbocycles. The summed E-state index contributed by atoms with van der Waals surface area (Å²) in [5, 5.41) is 3.65. The van der Waals surface area contributed by atoms with Gasteiger partial charge in [0.15, 0.2) is 0 Å². The van der Waals surface area contributed by atoms with Gasteiger partial charge in [0.1, 0.15) is 0 Å². The van der Waals surface area contributed by atoms with Gasteiger partial charge < -0.3 is 14.8 Å². The maximum atomic E-state index is 13.1. The van der Waals surface area contributed by atoms with E-state index in [1.807, 2.05) is 35.2 Å². The molecule has 26 heavy (non-hydrogen) atoms. The number of rotatable bonds is 2. The van der Waals surface area contributed by atoms with Crippen molar-refractivity contribution in [1.29, 1.82) is 0 Å². The summed E-state index contributed by atoms with van der Waals surface area (Å²) in [5.41, 5.74) is 4.13. The second-order valence-electron chi connectivity index (χ2n) is 6.42. The van der Waals surface area contributed by atoms with Crippen molar-refractivity contribution in [2.75, 3.05) is 5.32 Å². The van der Waals surface area contributed by atoms with Crippen LogP contribution in [-0.2, 0) is 6.54 Å². The first-order valence-electron chi connectivity index (χ1n) is 8.76. The van der Waals surface area contributed by atoms with Crippen LogP contribution in [0.25, 0.3) is 5.69 Å². The highest BCUT2D eigenvalue weighted by atomic mass is 35.5. The average Bonchev–Trinajstić information content (AvgIpc) is 3.08. The number of nitrogens with zero attached hydrogens (tertiary/aromatic N) is 2. The second kappa shape index (κ2) is 6.89. The smallest absolute Gasteiger partial charge is 0.318 e. The molecule has 1 aliphatic heterocycles. The average molecular weight is 366 g/mol. The molecule has 1 aliphatic rings. The normalized spacial score (nSPS) is 15.8. The number of halogens is 1. The van der Waals surface area contributed by atoms with E-state index in [1.54, 1.807) is 12.1 Å². The Bertz CT molecular complexity index is 932. The van der Waals surface area contributed by atoms with E-state index < -0.39 is 0 Å². The van der Waals surface area contributed by atoms with Crippen molar-refractivity contribution in [3.05, 3.63) is 83.1 Å². The van der Waals surface area contributed by atoms with Crippen LogP contribution in [0.4, 0.5) is 10.5 Å². The molecular formula is C21H20ClN3O. The van der Waals surface area contributed by atoms with Crippen LogP contribution in [0.15, 0.2) is 66.9 Å². The topological polar surface area (TPSA) is 37.3 Å². The molecule has 0 radical (unpaired) electrons. The van der Waals surface area contributed by atoms with Crippen molar-refractivity contribution in [1.82, 2.24) is 9.47 Å². The first kappa shape index (κ1) is 16.7. The molecule has 4 nitrogen and oxygen atoms in total. The number of hydrogen-bond acceptors (Lipinski definition) is 1. The van der Waals surface area contributed by atoms with Crippen LogP contribution >= 0.6 is 11.6 Å². The summed E-state index contributed by atoms with van der Waals surface area (Å²) in [7, 11) is 0. The van der Waals surface area contributed by atoms with Gasteiger partial charge in [-0.25, -0.2) is 4.79 Å². The quantitative estimate of drug-likeness (QED) is 0.627. The molecule has 0 spiro atoms. The van der Waals surface area contributed by atoms with E-state index in [1.165, 1.54) is 0 Å². The summed E-state index contributed by atoms with van der Waals surface area (Å²) < 4.78 is 2.19. The van der Waals surface area contributed by atoms with Crippen molar-refractivity contribution in [2.45, 2.75) is 25.9 Å². The summed E-state index contributed by atoms with van der Waals surface area (Å²) in [5.74, 6) is 0. The SMILES string of the molecule is CCC1c2cccn2-c2ccccc2CN1C(=O)Nc1ccc(Cl)cc1. The molecule has 0 saturated carbocycles. The lowest BCUT2D eigenvalue weighted by molar-refractivity contribution is 0.181. The fourth-order valence-electron chi connectivity index (χ4n) is 3.59. The minimum Gasteiger partial charge on any atom is -0.318 e. The van der Waals surface area contributed by atoms with Crippen LogP contribution in [0.1, 0.15) is 30.6 Å². The van der Waals surface area contributed by atoms with Crippen molar-refractivity contribution < 1.29 is 4.79 Å². The number of benzene rings is 2. The molecule has 1 N–H and O–H groups in total. The Balaban J connectivity index is 1.71. The number of aromatic nitrogens is 1. The number of amides is 2. The molecule has 1 unspecified atom stereocenters. The van der Waals surface area contributed by atoms with Crippen molar-refractivity contribution in [3.8, 4) is 5.69 Å².